The minimum Gasteiger partial charge on any atom is -0.444 e. The molecule has 84 valence electrons. The van der Waals surface area contributed by atoms with Crippen molar-refractivity contribution in [3.05, 3.63) is 12.2 Å². The molecule has 15 heavy (non-hydrogen) atoms. The molecule has 1 saturated heterocycles. The Morgan fingerprint density at radius 3 is 2.73 bits per heavy atom. The number of ether oxygens (including phenoxy) is 1. The molecule has 0 spiro atoms. The van der Waals surface area contributed by atoms with Crippen molar-refractivity contribution in [1.82, 2.24) is 4.90 Å². The van der Waals surface area contributed by atoms with Crippen LogP contribution in [0.1, 0.15) is 27.2 Å². The lowest BCUT2D eigenvalue weighted by Crippen LogP contribution is -2.35. The molecule has 2 rings (SSSR count). The summed E-state index contributed by atoms with van der Waals surface area (Å²) in [4.78, 5) is 13.6. The number of amides is 1. The predicted molar refractivity (Wildman–Crippen MR) is 58.5 cm³/mol. The SMILES string of the molecule is CC(C)(C)OC(=O)N1C[C@H]2CC=C[C@H]2C1. The monoisotopic (exact) mass is 209 g/mol. The molecule has 1 aliphatic heterocycles. The minimum absolute atomic E-state index is 0.162. The number of fused-ring (bicyclic) bond motifs is 1. The Balaban J connectivity index is 1.91. The van der Waals surface area contributed by atoms with Crippen molar-refractivity contribution in [2.45, 2.75) is 32.8 Å². The van der Waals surface area contributed by atoms with E-state index in [9.17, 15) is 4.79 Å². The summed E-state index contributed by atoms with van der Waals surface area (Å²) in [5.41, 5.74) is -0.384. The van der Waals surface area contributed by atoms with Crippen LogP contribution in [0.25, 0.3) is 0 Å². The van der Waals surface area contributed by atoms with Gasteiger partial charge < -0.3 is 9.64 Å². The molecule has 0 aromatic carbocycles. The Morgan fingerprint density at radius 2 is 2.13 bits per heavy atom. The molecule has 3 nitrogen and oxygen atoms in total. The van der Waals surface area contributed by atoms with Gasteiger partial charge in [0.2, 0.25) is 0 Å². The van der Waals surface area contributed by atoms with Crippen LogP contribution in [-0.4, -0.2) is 29.7 Å². The molecule has 0 radical (unpaired) electrons. The smallest absolute Gasteiger partial charge is 0.410 e. The summed E-state index contributed by atoms with van der Waals surface area (Å²) in [6.45, 7) is 7.40. The molecule has 1 amide bonds. The third kappa shape index (κ3) is 2.33. The topological polar surface area (TPSA) is 29.5 Å². The second-order valence-corrected chi connectivity index (χ2v) is 5.47. The fourth-order valence-corrected chi connectivity index (χ4v) is 2.27. The van der Waals surface area contributed by atoms with Gasteiger partial charge in [0.05, 0.1) is 0 Å². The summed E-state index contributed by atoms with van der Waals surface area (Å²) in [6.07, 6.45) is 5.41. The van der Waals surface area contributed by atoms with E-state index in [1.807, 2.05) is 25.7 Å². The molecule has 1 heterocycles. The second-order valence-electron chi connectivity index (χ2n) is 5.47. The molecule has 0 N–H and O–H groups in total. The third-order valence-corrected chi connectivity index (χ3v) is 2.97. The molecular weight excluding hydrogens is 190 g/mol. The first kappa shape index (κ1) is 10.5. The molecule has 2 atom stereocenters. The van der Waals surface area contributed by atoms with E-state index in [2.05, 4.69) is 12.2 Å². The standard InChI is InChI=1S/C12H19NO2/c1-12(2,3)15-11(14)13-7-9-5-4-6-10(9)8-13/h4-5,9-10H,6-8H2,1-3H3/t9-,10+/m0/s1. The summed E-state index contributed by atoms with van der Waals surface area (Å²) in [6, 6.07) is 0. The number of likely N-dealkylation sites (tertiary alicyclic amines) is 1. The van der Waals surface area contributed by atoms with Gasteiger partial charge >= 0.3 is 6.09 Å². The van der Waals surface area contributed by atoms with Gasteiger partial charge in [0.15, 0.2) is 0 Å². The third-order valence-electron chi connectivity index (χ3n) is 2.97. The zero-order valence-corrected chi connectivity index (χ0v) is 9.69. The van der Waals surface area contributed by atoms with Gasteiger partial charge in [-0.05, 0) is 39.0 Å². The maximum absolute atomic E-state index is 11.8. The van der Waals surface area contributed by atoms with E-state index < -0.39 is 0 Å². The molecule has 3 heteroatoms. The van der Waals surface area contributed by atoms with E-state index in [-0.39, 0.29) is 11.7 Å². The van der Waals surface area contributed by atoms with Crippen LogP contribution in [0.4, 0.5) is 4.79 Å². The highest BCUT2D eigenvalue weighted by molar-refractivity contribution is 5.68. The van der Waals surface area contributed by atoms with Gasteiger partial charge in [-0.25, -0.2) is 4.79 Å². The first-order chi connectivity index (χ1) is 6.96. The van der Waals surface area contributed by atoms with Gasteiger partial charge in [0, 0.05) is 13.1 Å². The number of carbonyl (C=O) groups excluding carboxylic acids is 1. The highest BCUT2D eigenvalue weighted by Gasteiger charge is 2.37. The lowest BCUT2D eigenvalue weighted by Gasteiger charge is -2.24. The van der Waals surface area contributed by atoms with Gasteiger partial charge in [-0.15, -0.1) is 0 Å². The van der Waals surface area contributed by atoms with Crippen LogP contribution in [0.3, 0.4) is 0 Å². The molecule has 2 aliphatic rings. The molecule has 0 unspecified atom stereocenters. The normalized spacial score (nSPS) is 29.4. The number of carbonyl (C=O) groups is 1. The Kier molecular flexibility index (Phi) is 2.49. The summed E-state index contributed by atoms with van der Waals surface area (Å²) >= 11 is 0. The highest BCUT2D eigenvalue weighted by Crippen LogP contribution is 2.33. The number of hydrogen-bond acceptors (Lipinski definition) is 2. The van der Waals surface area contributed by atoms with Crippen molar-refractivity contribution in [3.63, 3.8) is 0 Å². The van der Waals surface area contributed by atoms with Gasteiger partial charge in [-0.3, -0.25) is 0 Å². The van der Waals surface area contributed by atoms with Crippen molar-refractivity contribution in [2.75, 3.05) is 13.1 Å². The summed E-state index contributed by atoms with van der Waals surface area (Å²) in [7, 11) is 0. The molecule has 0 aromatic rings. The lowest BCUT2D eigenvalue weighted by atomic mass is 10.0. The van der Waals surface area contributed by atoms with Gasteiger partial charge in [0.25, 0.3) is 0 Å². The van der Waals surface area contributed by atoms with Crippen molar-refractivity contribution >= 4 is 6.09 Å². The molecule has 0 saturated carbocycles. The van der Waals surface area contributed by atoms with E-state index in [1.165, 1.54) is 0 Å². The fraction of sp³-hybridized carbons (Fsp3) is 0.750. The Bertz CT molecular complexity index is 290. The van der Waals surface area contributed by atoms with Crippen molar-refractivity contribution < 1.29 is 9.53 Å². The number of rotatable bonds is 0. The van der Waals surface area contributed by atoms with E-state index in [0.29, 0.717) is 11.8 Å². The summed E-state index contributed by atoms with van der Waals surface area (Å²) in [5.74, 6) is 1.20. The Hall–Kier alpha value is -0.990. The molecule has 1 fully saturated rings. The average Bonchev–Trinajstić information content (AvgIpc) is 2.56. The quantitative estimate of drug-likeness (QED) is 0.573. The van der Waals surface area contributed by atoms with Gasteiger partial charge in [-0.2, -0.15) is 0 Å². The fourth-order valence-electron chi connectivity index (χ4n) is 2.27. The first-order valence-electron chi connectivity index (χ1n) is 5.60. The zero-order chi connectivity index (χ0) is 11.1. The first-order valence-corrected chi connectivity index (χ1v) is 5.60. The van der Waals surface area contributed by atoms with Crippen LogP contribution in [0, 0.1) is 11.8 Å². The van der Waals surface area contributed by atoms with Crippen LogP contribution in [-0.2, 0) is 4.74 Å². The molecule has 0 bridgehead atoms. The maximum Gasteiger partial charge on any atom is 0.410 e. The Labute approximate surface area is 91.1 Å². The number of hydrogen-bond donors (Lipinski definition) is 0. The predicted octanol–water partition coefficient (Wildman–Crippen LogP) is 2.43. The molecule has 1 aliphatic carbocycles. The van der Waals surface area contributed by atoms with E-state index in [0.717, 1.165) is 19.5 Å². The van der Waals surface area contributed by atoms with Crippen molar-refractivity contribution in [1.29, 1.82) is 0 Å². The Morgan fingerprint density at radius 1 is 1.40 bits per heavy atom. The number of nitrogens with zero attached hydrogens (tertiary/aromatic N) is 1. The molecular formula is C12H19NO2. The zero-order valence-electron chi connectivity index (χ0n) is 9.69. The van der Waals surface area contributed by atoms with Crippen LogP contribution in [0.15, 0.2) is 12.2 Å². The van der Waals surface area contributed by atoms with Crippen molar-refractivity contribution in [2.24, 2.45) is 11.8 Å². The van der Waals surface area contributed by atoms with E-state index in [1.54, 1.807) is 0 Å². The summed E-state index contributed by atoms with van der Waals surface area (Å²) in [5, 5.41) is 0. The lowest BCUT2D eigenvalue weighted by molar-refractivity contribution is 0.0285. The second kappa shape index (κ2) is 3.54. The largest absolute Gasteiger partial charge is 0.444 e. The molecule has 0 aromatic heterocycles. The summed E-state index contributed by atoms with van der Waals surface area (Å²) < 4.78 is 5.35. The van der Waals surface area contributed by atoms with Crippen LogP contribution >= 0.6 is 0 Å². The highest BCUT2D eigenvalue weighted by atomic mass is 16.6. The van der Waals surface area contributed by atoms with Gasteiger partial charge in [-0.1, -0.05) is 12.2 Å². The van der Waals surface area contributed by atoms with E-state index in [4.69, 9.17) is 4.74 Å². The van der Waals surface area contributed by atoms with Gasteiger partial charge in [0.1, 0.15) is 5.60 Å². The van der Waals surface area contributed by atoms with Crippen LogP contribution < -0.4 is 0 Å². The number of allylic oxidation sites excluding steroid dienone is 1. The van der Waals surface area contributed by atoms with Crippen LogP contribution in [0.5, 0.6) is 0 Å². The maximum atomic E-state index is 11.8. The minimum atomic E-state index is -0.384. The van der Waals surface area contributed by atoms with E-state index >= 15 is 0 Å². The van der Waals surface area contributed by atoms with Crippen molar-refractivity contribution in [3.8, 4) is 0 Å². The van der Waals surface area contributed by atoms with Crippen LogP contribution in [0.2, 0.25) is 0 Å². The average molecular weight is 209 g/mol.